The highest BCUT2D eigenvalue weighted by molar-refractivity contribution is 9.10. The van der Waals surface area contributed by atoms with Crippen molar-refractivity contribution in [1.82, 2.24) is 0 Å². The second-order valence-corrected chi connectivity index (χ2v) is 4.08. The number of carbonyl (C=O) groups excluding carboxylic acids is 1. The third-order valence-electron chi connectivity index (χ3n) is 1.78. The number of rotatable bonds is 4. The van der Waals surface area contributed by atoms with E-state index in [-0.39, 0.29) is 5.24 Å². The number of hydrogen-bond acceptors (Lipinski definition) is 1. The molecule has 0 bridgehead atoms. The van der Waals surface area contributed by atoms with Crippen LogP contribution in [0.5, 0.6) is 0 Å². The molecule has 1 rings (SSSR count). The molecule has 0 aliphatic carbocycles. The van der Waals surface area contributed by atoms with Crippen molar-refractivity contribution in [2.45, 2.75) is 19.3 Å². The van der Waals surface area contributed by atoms with Crippen molar-refractivity contribution >= 4 is 32.8 Å². The van der Waals surface area contributed by atoms with Gasteiger partial charge in [-0.15, -0.1) is 0 Å². The molecule has 1 aromatic carbocycles. The molecule has 3 heteroatoms. The van der Waals surface area contributed by atoms with Crippen LogP contribution in [0.25, 0.3) is 0 Å². The number of halogens is 2. The maximum absolute atomic E-state index is 10.5. The summed E-state index contributed by atoms with van der Waals surface area (Å²) >= 11 is 8.68. The molecule has 0 unspecified atom stereocenters. The molecule has 0 N–H and O–H groups in total. The lowest BCUT2D eigenvalue weighted by atomic mass is 10.1. The smallest absolute Gasteiger partial charge is 0.221 e. The number of hydrogen-bond donors (Lipinski definition) is 0. The van der Waals surface area contributed by atoms with Gasteiger partial charge >= 0.3 is 0 Å². The zero-order chi connectivity index (χ0) is 9.68. The highest BCUT2D eigenvalue weighted by atomic mass is 79.9. The van der Waals surface area contributed by atoms with E-state index in [1.165, 1.54) is 5.56 Å². The predicted octanol–water partition coefficient (Wildman–Crippen LogP) is 3.54. The van der Waals surface area contributed by atoms with Gasteiger partial charge in [-0.25, -0.2) is 0 Å². The number of benzene rings is 1. The van der Waals surface area contributed by atoms with Crippen LogP contribution in [0.3, 0.4) is 0 Å². The molecule has 1 aromatic rings. The van der Waals surface area contributed by atoms with Gasteiger partial charge in [-0.05, 0) is 36.1 Å². The Hall–Kier alpha value is -0.340. The second kappa shape index (κ2) is 5.40. The molecule has 13 heavy (non-hydrogen) atoms. The predicted molar refractivity (Wildman–Crippen MR) is 57.9 cm³/mol. The topological polar surface area (TPSA) is 17.1 Å². The molecule has 70 valence electrons. The van der Waals surface area contributed by atoms with Crippen molar-refractivity contribution in [3.63, 3.8) is 0 Å². The zero-order valence-electron chi connectivity index (χ0n) is 7.09. The number of carbonyl (C=O) groups is 1. The quantitative estimate of drug-likeness (QED) is 0.758. The van der Waals surface area contributed by atoms with Crippen LogP contribution in [0.2, 0.25) is 0 Å². The summed E-state index contributed by atoms with van der Waals surface area (Å²) in [4.78, 5) is 10.5. The lowest BCUT2D eigenvalue weighted by molar-refractivity contribution is -0.111. The van der Waals surface area contributed by atoms with Gasteiger partial charge in [0.1, 0.15) is 0 Å². The van der Waals surface area contributed by atoms with Crippen LogP contribution >= 0.6 is 27.5 Å². The maximum atomic E-state index is 10.5. The van der Waals surface area contributed by atoms with Crippen molar-refractivity contribution in [1.29, 1.82) is 0 Å². The minimum absolute atomic E-state index is 0.257. The van der Waals surface area contributed by atoms with Crippen LogP contribution in [0.15, 0.2) is 28.7 Å². The zero-order valence-corrected chi connectivity index (χ0v) is 9.44. The summed E-state index contributed by atoms with van der Waals surface area (Å²) in [6.07, 6.45) is 2.15. The SMILES string of the molecule is O=C(Cl)CCCc1ccccc1Br. The first kappa shape index (κ1) is 10.7. The van der Waals surface area contributed by atoms with Gasteiger partial charge in [-0.2, -0.15) is 0 Å². The van der Waals surface area contributed by atoms with Crippen molar-refractivity contribution in [2.75, 3.05) is 0 Å². The van der Waals surface area contributed by atoms with Gasteiger partial charge in [-0.1, -0.05) is 34.1 Å². The Kier molecular flexibility index (Phi) is 4.46. The lowest BCUT2D eigenvalue weighted by Gasteiger charge is -2.01. The van der Waals surface area contributed by atoms with Crippen LogP contribution in [-0.2, 0) is 11.2 Å². The molecular formula is C10H10BrClO. The Labute approximate surface area is 91.2 Å². The van der Waals surface area contributed by atoms with Gasteiger partial charge in [0.15, 0.2) is 0 Å². The summed E-state index contributed by atoms with van der Waals surface area (Å²) in [5.74, 6) is 0. The van der Waals surface area contributed by atoms with Crippen LogP contribution in [0.1, 0.15) is 18.4 Å². The van der Waals surface area contributed by atoms with E-state index in [1.807, 2.05) is 24.3 Å². The molecule has 0 aromatic heterocycles. The van der Waals surface area contributed by atoms with Crippen molar-refractivity contribution in [2.24, 2.45) is 0 Å². The van der Waals surface area contributed by atoms with E-state index >= 15 is 0 Å². The molecule has 0 atom stereocenters. The molecule has 0 amide bonds. The summed E-state index contributed by atoms with van der Waals surface area (Å²) in [5, 5.41) is -0.257. The summed E-state index contributed by atoms with van der Waals surface area (Å²) in [6, 6.07) is 8.00. The summed E-state index contributed by atoms with van der Waals surface area (Å²) < 4.78 is 1.09. The van der Waals surface area contributed by atoms with Crippen LogP contribution in [-0.4, -0.2) is 5.24 Å². The van der Waals surface area contributed by atoms with E-state index in [0.717, 1.165) is 17.3 Å². The third kappa shape index (κ3) is 3.92. The van der Waals surface area contributed by atoms with Crippen LogP contribution in [0, 0.1) is 0 Å². The van der Waals surface area contributed by atoms with Crippen LogP contribution in [0.4, 0.5) is 0 Å². The first-order valence-electron chi connectivity index (χ1n) is 4.12. The van der Waals surface area contributed by atoms with Crippen molar-refractivity contribution in [3.05, 3.63) is 34.3 Å². The minimum Gasteiger partial charge on any atom is -0.281 e. The van der Waals surface area contributed by atoms with Gasteiger partial charge in [0.05, 0.1) is 0 Å². The van der Waals surface area contributed by atoms with E-state index < -0.39 is 0 Å². The molecule has 0 aliphatic heterocycles. The monoisotopic (exact) mass is 260 g/mol. The Bertz CT molecular complexity index is 299. The number of aryl methyl sites for hydroxylation is 1. The third-order valence-corrected chi connectivity index (χ3v) is 2.74. The highest BCUT2D eigenvalue weighted by Gasteiger charge is 2.00. The first-order chi connectivity index (χ1) is 6.20. The van der Waals surface area contributed by atoms with E-state index in [1.54, 1.807) is 0 Å². The van der Waals surface area contributed by atoms with Gasteiger partial charge in [-0.3, -0.25) is 4.79 Å². The van der Waals surface area contributed by atoms with Gasteiger partial charge in [0.25, 0.3) is 0 Å². The fraction of sp³-hybridized carbons (Fsp3) is 0.300. The Balaban J connectivity index is 2.45. The van der Waals surface area contributed by atoms with E-state index in [0.29, 0.717) is 6.42 Å². The Morgan fingerprint density at radius 1 is 1.38 bits per heavy atom. The molecule has 1 nitrogen and oxygen atoms in total. The minimum atomic E-state index is -0.257. The normalized spacial score (nSPS) is 10.0. The van der Waals surface area contributed by atoms with Gasteiger partial charge < -0.3 is 0 Å². The molecule has 0 saturated heterocycles. The van der Waals surface area contributed by atoms with E-state index in [2.05, 4.69) is 15.9 Å². The Morgan fingerprint density at radius 2 is 2.08 bits per heavy atom. The van der Waals surface area contributed by atoms with Crippen LogP contribution < -0.4 is 0 Å². The molecule has 0 spiro atoms. The summed E-state index contributed by atoms with van der Waals surface area (Å²) in [6.45, 7) is 0. The van der Waals surface area contributed by atoms with Crippen molar-refractivity contribution < 1.29 is 4.79 Å². The highest BCUT2D eigenvalue weighted by Crippen LogP contribution is 2.17. The fourth-order valence-electron chi connectivity index (χ4n) is 1.12. The lowest BCUT2D eigenvalue weighted by Crippen LogP contribution is -1.91. The Morgan fingerprint density at radius 3 is 2.69 bits per heavy atom. The molecule has 0 heterocycles. The largest absolute Gasteiger partial charge is 0.281 e. The summed E-state index contributed by atoms with van der Waals surface area (Å²) in [7, 11) is 0. The molecular weight excluding hydrogens is 251 g/mol. The second-order valence-electron chi connectivity index (χ2n) is 2.80. The van der Waals surface area contributed by atoms with E-state index in [9.17, 15) is 4.79 Å². The van der Waals surface area contributed by atoms with E-state index in [4.69, 9.17) is 11.6 Å². The molecule has 0 aliphatic rings. The van der Waals surface area contributed by atoms with Gasteiger partial charge in [0, 0.05) is 10.9 Å². The standard InChI is InChI=1S/C10H10BrClO/c11-9-6-2-1-4-8(9)5-3-7-10(12)13/h1-2,4,6H,3,5,7H2. The first-order valence-corrected chi connectivity index (χ1v) is 5.29. The maximum Gasteiger partial charge on any atom is 0.221 e. The fourth-order valence-corrected chi connectivity index (χ4v) is 1.74. The molecule has 0 saturated carbocycles. The van der Waals surface area contributed by atoms with Gasteiger partial charge in [0.2, 0.25) is 5.24 Å². The molecule has 0 fully saturated rings. The molecule has 0 radical (unpaired) electrons. The average molecular weight is 262 g/mol. The summed E-state index contributed by atoms with van der Waals surface area (Å²) in [5.41, 5.74) is 1.22. The van der Waals surface area contributed by atoms with Crippen molar-refractivity contribution in [3.8, 4) is 0 Å². The average Bonchev–Trinajstić information content (AvgIpc) is 2.08.